The fraction of sp³-hybridized carbons (Fsp3) is 0.982. The van der Waals surface area contributed by atoms with Crippen LogP contribution in [0.3, 0.4) is 0 Å². The van der Waals surface area contributed by atoms with Crippen molar-refractivity contribution in [3.8, 4) is 0 Å². The second kappa shape index (κ2) is 36.7. The third-order valence-corrected chi connectivity index (χ3v) is 19.1. The van der Waals surface area contributed by atoms with Gasteiger partial charge in [-0.1, -0.05) is 0 Å². The van der Waals surface area contributed by atoms with Crippen LogP contribution in [0, 0.1) is 0 Å². The lowest BCUT2D eigenvalue weighted by Crippen LogP contribution is -2.69. The third-order valence-electron chi connectivity index (χ3n) is 19.1. The molecule has 103 heavy (non-hydrogen) atoms. The van der Waals surface area contributed by atoms with Crippen molar-refractivity contribution < 1.29 is 228 Å². The minimum Gasteiger partial charge on any atom is -0.394 e. The molecule has 0 spiro atoms. The van der Waals surface area contributed by atoms with E-state index in [1.165, 1.54) is 0 Å². The van der Waals surface area contributed by atoms with Gasteiger partial charge in [0.2, 0.25) is 5.91 Å². The van der Waals surface area contributed by atoms with Gasteiger partial charge in [0, 0.05) is 6.92 Å². The van der Waals surface area contributed by atoms with Gasteiger partial charge in [-0.2, -0.15) is 0 Å². The quantitative estimate of drug-likeness (QED) is 0.0382. The van der Waals surface area contributed by atoms with Crippen LogP contribution in [-0.4, -0.2) is 485 Å². The summed E-state index contributed by atoms with van der Waals surface area (Å²) in [5.41, 5.74) is 0. The van der Waals surface area contributed by atoms with Crippen molar-refractivity contribution in [2.75, 3.05) is 59.5 Å². The fourth-order valence-electron chi connectivity index (χ4n) is 13.0. The summed E-state index contributed by atoms with van der Waals surface area (Å²) in [5, 5.41) is 308. The maximum atomic E-state index is 12.5. The number of rotatable bonds is 26. The van der Waals surface area contributed by atoms with Gasteiger partial charge >= 0.3 is 0 Å². The number of carbonyl (C=O) groups excluding carboxylic acids is 1. The van der Waals surface area contributed by atoms with Gasteiger partial charge in [0.1, 0.15) is 220 Å². The highest BCUT2D eigenvalue weighted by molar-refractivity contribution is 5.73. The van der Waals surface area contributed by atoms with Crippen LogP contribution >= 0.6 is 0 Å². The lowest BCUT2D eigenvalue weighted by Gasteiger charge is -2.50. The Hall–Kier alpha value is -2.33. The molecule has 9 heterocycles. The van der Waals surface area contributed by atoms with Crippen LogP contribution in [0.1, 0.15) is 6.92 Å². The fourth-order valence-corrected chi connectivity index (χ4v) is 13.0. The van der Waals surface area contributed by atoms with Crippen LogP contribution in [0.4, 0.5) is 0 Å². The molecule has 600 valence electrons. The summed E-state index contributed by atoms with van der Waals surface area (Å²) >= 11 is 0. The van der Waals surface area contributed by atoms with E-state index in [0.717, 1.165) is 6.92 Å². The SMILES string of the molecule is CC(=O)N[C@H]1C(O)O[C@H](CO)[C@@H](O[C@@H]2O[C@H](CO[C@H]3O[C@H](CO[C@H]4O[C@H](CO)[C@@H](O)[C@H](O)[C@@H]4O)[C@@H](O)[C@H](O[C@H]4O[C@H](CO)[C@@H](O)[C@H](O)[C@@H]4O)[C@@H]3O)[C@@H](O)[C@H](O[C@H]3O[C@H](CO[C@H]4O[C@H](CO)[C@@H](O)[C@H](O)[C@@H]4O[C@H]4O[C@H](CO)[C@@H](O)[C@H](O)[C@@H]4O)[C@@H](O)[C@H](O)[C@@H]3O[C@H]3O[C@H](CO)[C@@H](O)[C@H](O)[C@@H]3O)[C@@H]2O)[C@@H]1O. The Morgan fingerprint density at radius 2 is 0.515 bits per heavy atom. The van der Waals surface area contributed by atoms with E-state index in [1.54, 1.807) is 0 Å². The molecule has 9 saturated heterocycles. The summed E-state index contributed by atoms with van der Waals surface area (Å²) in [5.74, 6) is -0.860. The van der Waals surface area contributed by atoms with Gasteiger partial charge in [0.15, 0.2) is 56.6 Å². The molecular weight excluding hydrogens is 1420 g/mol. The summed E-state index contributed by atoms with van der Waals surface area (Å²) < 4.78 is 98.0. The van der Waals surface area contributed by atoms with Gasteiger partial charge in [-0.3, -0.25) is 4.79 Å². The summed E-state index contributed by atoms with van der Waals surface area (Å²) in [4.78, 5) is 12.3. The number of hydrogen-bond donors (Lipinski definition) is 29. The zero-order valence-electron chi connectivity index (χ0n) is 54.2. The van der Waals surface area contributed by atoms with Crippen LogP contribution in [0.25, 0.3) is 0 Å². The van der Waals surface area contributed by atoms with E-state index in [0.29, 0.717) is 0 Å². The first-order valence-electron chi connectivity index (χ1n) is 32.7. The Labute approximate surface area is 581 Å². The first-order chi connectivity index (χ1) is 48.7. The molecule has 9 rings (SSSR count). The Kier molecular flexibility index (Phi) is 30.2. The van der Waals surface area contributed by atoms with Gasteiger partial charge in [0.25, 0.3) is 0 Å². The number of nitrogens with one attached hydrogen (secondary N) is 1. The molecular formula is C56H95NO46. The average molecular weight is 1520 g/mol. The van der Waals surface area contributed by atoms with Crippen molar-refractivity contribution in [1.82, 2.24) is 5.32 Å². The molecule has 9 aliphatic heterocycles. The standard InChI is InChI=1S/C56H95NO46/c1-11(64)57-21-30(73)43(17(7-63)90-48(21)86)99-54-42(85)45(29(72)20(97-54)10-88-50-41(84)44(100-51-38(81)32(75)23(66)13(3-59)92-51)28(71)19(96-50)9-87-49-37(80)31(74)22(65)12(2-58)91-49)101-56-47(103-53-40(83)34(77)25(68)15(5-61)94-53)36(79)27(70)18(98-56)8-89-55-46(35(78)26(69)16(6-62)95-55)102-52-39(82)33(76)24(67)14(4-60)93-52/h12-56,58-63,65-86H,2-10H2,1H3,(H,57,64)/t12-,13-,14-,15-,16-,17-,18-,19-,20-,21-,22-,23-,24-,25-,26-,27-,28-,29-,30-,31+,32+,33+,34+,35+,36+,37+,38+,39+,40+,41+,42+,43-,44+,45+,46+,47+,48?,49+,50+,51-,52-,53-,54+,55+,56-/m1/s1. The molecule has 0 aromatic carbocycles. The van der Waals surface area contributed by atoms with Gasteiger partial charge in [-0.15, -0.1) is 0 Å². The highest BCUT2D eigenvalue weighted by atomic mass is 16.8. The second-order valence-corrected chi connectivity index (χ2v) is 26.0. The van der Waals surface area contributed by atoms with Crippen LogP contribution in [0.15, 0.2) is 0 Å². The number of aliphatic hydroxyl groups is 28. The number of carbonyl (C=O) groups is 1. The van der Waals surface area contributed by atoms with E-state index in [2.05, 4.69) is 5.32 Å². The van der Waals surface area contributed by atoms with Gasteiger partial charge < -0.3 is 229 Å². The van der Waals surface area contributed by atoms with E-state index in [-0.39, 0.29) is 0 Å². The monoisotopic (exact) mass is 1520 g/mol. The number of ether oxygens (including phenoxy) is 17. The van der Waals surface area contributed by atoms with E-state index in [1.807, 2.05) is 0 Å². The molecule has 47 heteroatoms. The molecule has 0 aromatic heterocycles. The Morgan fingerprint density at radius 3 is 0.922 bits per heavy atom. The van der Waals surface area contributed by atoms with Crippen molar-refractivity contribution in [2.24, 2.45) is 0 Å². The van der Waals surface area contributed by atoms with Crippen molar-refractivity contribution in [1.29, 1.82) is 0 Å². The lowest BCUT2D eigenvalue weighted by atomic mass is 9.94. The van der Waals surface area contributed by atoms with E-state index < -0.39 is 342 Å². The molecule has 9 aliphatic rings. The maximum Gasteiger partial charge on any atom is 0.217 e. The highest BCUT2D eigenvalue weighted by Crippen LogP contribution is 2.39. The van der Waals surface area contributed by atoms with Crippen molar-refractivity contribution in [3.63, 3.8) is 0 Å². The predicted molar refractivity (Wildman–Crippen MR) is 309 cm³/mol. The van der Waals surface area contributed by atoms with Crippen LogP contribution in [0.5, 0.6) is 0 Å². The second-order valence-electron chi connectivity index (χ2n) is 26.0. The number of aliphatic hydroxyl groups excluding tert-OH is 28. The topological polar surface area (TPSA) is 752 Å². The van der Waals surface area contributed by atoms with Crippen LogP contribution < -0.4 is 5.32 Å². The number of hydrogen-bond acceptors (Lipinski definition) is 46. The maximum absolute atomic E-state index is 12.5. The molecule has 29 N–H and O–H groups in total. The van der Waals surface area contributed by atoms with E-state index in [9.17, 15) is 148 Å². The zero-order chi connectivity index (χ0) is 75.6. The molecule has 0 saturated carbocycles. The van der Waals surface area contributed by atoms with Gasteiger partial charge in [-0.05, 0) is 0 Å². The van der Waals surface area contributed by atoms with E-state index >= 15 is 0 Å². The highest BCUT2D eigenvalue weighted by Gasteiger charge is 2.60. The summed E-state index contributed by atoms with van der Waals surface area (Å²) in [7, 11) is 0. The molecule has 9 fully saturated rings. The molecule has 0 bridgehead atoms. The third kappa shape index (κ3) is 18.2. The average Bonchev–Trinajstić information content (AvgIpc) is 0.772. The van der Waals surface area contributed by atoms with Crippen LogP contribution in [-0.2, 0) is 85.3 Å². The summed E-state index contributed by atoms with van der Waals surface area (Å²) in [6.07, 6.45) is -92.7. The minimum atomic E-state index is -2.55. The molecule has 45 atom stereocenters. The Bertz CT molecular complexity index is 2580. The van der Waals surface area contributed by atoms with Crippen molar-refractivity contribution in [2.45, 2.75) is 283 Å². The molecule has 0 radical (unpaired) electrons. The van der Waals surface area contributed by atoms with Crippen molar-refractivity contribution >= 4 is 5.91 Å². The smallest absolute Gasteiger partial charge is 0.217 e. The lowest BCUT2D eigenvalue weighted by molar-refractivity contribution is -0.401. The first-order valence-corrected chi connectivity index (χ1v) is 32.7. The number of amides is 1. The molecule has 47 nitrogen and oxygen atoms in total. The van der Waals surface area contributed by atoms with Crippen LogP contribution in [0.2, 0.25) is 0 Å². The Morgan fingerprint density at radius 1 is 0.252 bits per heavy atom. The molecule has 0 aliphatic carbocycles. The minimum absolute atomic E-state index is 0.860. The molecule has 1 amide bonds. The van der Waals surface area contributed by atoms with Gasteiger partial charge in [0.05, 0.1) is 59.5 Å². The van der Waals surface area contributed by atoms with Crippen molar-refractivity contribution in [3.05, 3.63) is 0 Å². The predicted octanol–water partition coefficient (Wildman–Crippen LogP) is -20.5. The largest absolute Gasteiger partial charge is 0.394 e. The first kappa shape index (κ1) is 84.7. The Balaban J connectivity index is 1.05. The zero-order valence-corrected chi connectivity index (χ0v) is 54.2. The molecule has 0 aromatic rings. The van der Waals surface area contributed by atoms with E-state index in [4.69, 9.17) is 80.5 Å². The summed E-state index contributed by atoms with van der Waals surface area (Å²) in [6.45, 7) is -8.48. The summed E-state index contributed by atoms with van der Waals surface area (Å²) in [6, 6.07) is -1.78. The van der Waals surface area contributed by atoms with Gasteiger partial charge in [-0.25, -0.2) is 0 Å². The normalized spacial score (nSPS) is 52.4. The molecule has 1 unspecified atom stereocenters.